The first kappa shape index (κ1) is 13.4. The fourth-order valence-electron chi connectivity index (χ4n) is 1.94. The molecular formula is C14H17N3OS. The summed E-state index contributed by atoms with van der Waals surface area (Å²) in [5.74, 6) is -0.454. The van der Waals surface area contributed by atoms with Crippen LogP contribution < -0.4 is 16.8 Å². The molecule has 2 rings (SSSR count). The number of hydrogen-bond donors (Lipinski definition) is 3. The summed E-state index contributed by atoms with van der Waals surface area (Å²) < 4.78 is 0. The molecule has 5 N–H and O–H groups in total. The van der Waals surface area contributed by atoms with Crippen molar-refractivity contribution in [2.75, 3.05) is 11.1 Å². The molecule has 5 heteroatoms. The molecule has 1 aromatic heterocycles. The number of amides is 1. The molecule has 0 aliphatic carbocycles. The fraction of sp³-hybridized carbons (Fsp3) is 0.214. The van der Waals surface area contributed by atoms with Crippen molar-refractivity contribution in [2.24, 2.45) is 5.73 Å². The number of thiophene rings is 1. The van der Waals surface area contributed by atoms with Gasteiger partial charge in [-0.2, -0.15) is 0 Å². The standard InChI is InChI=1S/C14H17N3OS/c1-2-9-5-6-19-13(9)8-17-12-7-10(15)3-4-11(12)14(16)18/h3-7,17H,2,8,15H2,1H3,(H2,16,18). The van der Waals surface area contributed by atoms with Gasteiger partial charge in [-0.25, -0.2) is 0 Å². The highest BCUT2D eigenvalue weighted by atomic mass is 32.1. The van der Waals surface area contributed by atoms with Crippen molar-refractivity contribution < 1.29 is 4.79 Å². The Kier molecular flexibility index (Phi) is 4.06. The molecule has 0 fully saturated rings. The van der Waals surface area contributed by atoms with E-state index in [1.165, 1.54) is 10.4 Å². The van der Waals surface area contributed by atoms with Gasteiger partial charge in [-0.15, -0.1) is 11.3 Å². The zero-order valence-electron chi connectivity index (χ0n) is 10.8. The van der Waals surface area contributed by atoms with E-state index in [9.17, 15) is 4.79 Å². The van der Waals surface area contributed by atoms with Crippen molar-refractivity contribution in [1.82, 2.24) is 0 Å². The summed E-state index contributed by atoms with van der Waals surface area (Å²) in [4.78, 5) is 12.6. The van der Waals surface area contributed by atoms with Gasteiger partial charge in [0.25, 0.3) is 5.91 Å². The topological polar surface area (TPSA) is 81.1 Å². The molecule has 0 bridgehead atoms. The molecule has 0 spiro atoms. The van der Waals surface area contributed by atoms with Gasteiger partial charge in [0.1, 0.15) is 0 Å². The Balaban J connectivity index is 2.19. The number of benzene rings is 1. The molecule has 0 aliphatic rings. The summed E-state index contributed by atoms with van der Waals surface area (Å²) in [7, 11) is 0. The van der Waals surface area contributed by atoms with Crippen LogP contribution in [0.5, 0.6) is 0 Å². The van der Waals surface area contributed by atoms with Gasteiger partial charge in [-0.1, -0.05) is 6.92 Å². The SMILES string of the molecule is CCc1ccsc1CNc1cc(N)ccc1C(N)=O. The van der Waals surface area contributed by atoms with Crippen molar-refractivity contribution in [1.29, 1.82) is 0 Å². The molecule has 2 aromatic rings. The monoisotopic (exact) mass is 275 g/mol. The molecule has 19 heavy (non-hydrogen) atoms. The van der Waals surface area contributed by atoms with Crippen LogP contribution in [0.2, 0.25) is 0 Å². The van der Waals surface area contributed by atoms with E-state index in [1.807, 2.05) is 0 Å². The van der Waals surface area contributed by atoms with Crippen molar-refractivity contribution >= 4 is 28.6 Å². The number of nitrogens with one attached hydrogen (secondary N) is 1. The third-order valence-electron chi connectivity index (χ3n) is 2.97. The zero-order valence-corrected chi connectivity index (χ0v) is 11.6. The molecule has 1 heterocycles. The second-order valence-electron chi connectivity index (χ2n) is 4.25. The molecule has 0 atom stereocenters. The smallest absolute Gasteiger partial charge is 0.250 e. The van der Waals surface area contributed by atoms with Crippen LogP contribution in [0.3, 0.4) is 0 Å². The molecule has 0 radical (unpaired) electrons. The number of anilines is 2. The number of rotatable bonds is 5. The normalized spacial score (nSPS) is 10.4. The Bertz CT molecular complexity index is 592. The number of aryl methyl sites for hydroxylation is 1. The Morgan fingerprint density at radius 1 is 1.37 bits per heavy atom. The minimum Gasteiger partial charge on any atom is -0.399 e. The second-order valence-corrected chi connectivity index (χ2v) is 5.25. The highest BCUT2D eigenvalue weighted by Crippen LogP contribution is 2.22. The molecule has 0 aliphatic heterocycles. The van der Waals surface area contributed by atoms with Crippen LogP contribution in [-0.2, 0) is 13.0 Å². The van der Waals surface area contributed by atoms with Gasteiger partial charge in [0, 0.05) is 22.8 Å². The Morgan fingerprint density at radius 2 is 2.16 bits per heavy atom. The number of carbonyl (C=O) groups excluding carboxylic acids is 1. The van der Waals surface area contributed by atoms with Gasteiger partial charge < -0.3 is 16.8 Å². The summed E-state index contributed by atoms with van der Waals surface area (Å²) in [6.45, 7) is 2.80. The number of nitrogens with two attached hydrogens (primary N) is 2. The van der Waals surface area contributed by atoms with Gasteiger partial charge in [0.05, 0.1) is 5.56 Å². The van der Waals surface area contributed by atoms with Crippen LogP contribution in [0, 0.1) is 0 Å². The van der Waals surface area contributed by atoms with Crippen LogP contribution in [-0.4, -0.2) is 5.91 Å². The van der Waals surface area contributed by atoms with Crippen LogP contribution in [0.1, 0.15) is 27.7 Å². The molecule has 1 amide bonds. The van der Waals surface area contributed by atoms with Crippen LogP contribution >= 0.6 is 11.3 Å². The van der Waals surface area contributed by atoms with E-state index < -0.39 is 5.91 Å². The largest absolute Gasteiger partial charge is 0.399 e. The third kappa shape index (κ3) is 3.06. The molecule has 0 saturated heterocycles. The highest BCUT2D eigenvalue weighted by molar-refractivity contribution is 7.10. The second kappa shape index (κ2) is 5.75. The lowest BCUT2D eigenvalue weighted by molar-refractivity contribution is 0.100. The van der Waals surface area contributed by atoms with Crippen LogP contribution in [0.25, 0.3) is 0 Å². The summed E-state index contributed by atoms with van der Waals surface area (Å²) in [6, 6.07) is 7.18. The molecule has 0 saturated carbocycles. The highest BCUT2D eigenvalue weighted by Gasteiger charge is 2.09. The lowest BCUT2D eigenvalue weighted by Gasteiger charge is -2.11. The minimum absolute atomic E-state index is 0.454. The number of primary amides is 1. The van der Waals surface area contributed by atoms with E-state index >= 15 is 0 Å². The Morgan fingerprint density at radius 3 is 2.84 bits per heavy atom. The van der Waals surface area contributed by atoms with E-state index in [-0.39, 0.29) is 0 Å². The summed E-state index contributed by atoms with van der Waals surface area (Å²) in [5.41, 5.74) is 14.2. The third-order valence-corrected chi connectivity index (χ3v) is 3.93. The Labute approximate surface area is 116 Å². The summed E-state index contributed by atoms with van der Waals surface area (Å²) >= 11 is 1.70. The molecule has 100 valence electrons. The van der Waals surface area contributed by atoms with Crippen molar-refractivity contribution in [2.45, 2.75) is 19.9 Å². The maximum atomic E-state index is 11.4. The first-order chi connectivity index (χ1) is 9.11. The van der Waals surface area contributed by atoms with Gasteiger partial charge in [-0.3, -0.25) is 4.79 Å². The zero-order chi connectivity index (χ0) is 13.8. The molecule has 0 unspecified atom stereocenters. The van der Waals surface area contributed by atoms with Crippen molar-refractivity contribution in [3.05, 3.63) is 45.6 Å². The van der Waals surface area contributed by atoms with Gasteiger partial charge in [0.15, 0.2) is 0 Å². The first-order valence-corrected chi connectivity index (χ1v) is 6.98. The van der Waals surface area contributed by atoms with E-state index in [2.05, 4.69) is 23.7 Å². The number of carbonyl (C=O) groups is 1. The van der Waals surface area contributed by atoms with Crippen LogP contribution in [0.4, 0.5) is 11.4 Å². The maximum absolute atomic E-state index is 11.4. The lowest BCUT2D eigenvalue weighted by atomic mass is 10.1. The molecular weight excluding hydrogens is 258 g/mol. The van der Waals surface area contributed by atoms with E-state index in [0.717, 1.165) is 6.42 Å². The van der Waals surface area contributed by atoms with Crippen LogP contribution in [0.15, 0.2) is 29.6 Å². The van der Waals surface area contributed by atoms with Gasteiger partial charge in [-0.05, 0) is 41.6 Å². The molecule has 1 aromatic carbocycles. The molecule has 4 nitrogen and oxygen atoms in total. The predicted molar refractivity (Wildman–Crippen MR) is 80.4 cm³/mol. The minimum atomic E-state index is -0.454. The van der Waals surface area contributed by atoms with Gasteiger partial charge >= 0.3 is 0 Å². The van der Waals surface area contributed by atoms with Crippen molar-refractivity contribution in [3.63, 3.8) is 0 Å². The van der Waals surface area contributed by atoms with Gasteiger partial charge in [0.2, 0.25) is 0 Å². The van der Waals surface area contributed by atoms with E-state index in [1.54, 1.807) is 29.5 Å². The maximum Gasteiger partial charge on any atom is 0.250 e. The average molecular weight is 275 g/mol. The fourth-order valence-corrected chi connectivity index (χ4v) is 2.85. The summed E-state index contributed by atoms with van der Waals surface area (Å²) in [5, 5.41) is 5.32. The Hall–Kier alpha value is -2.01. The average Bonchev–Trinajstić information content (AvgIpc) is 2.83. The quantitative estimate of drug-likeness (QED) is 0.734. The van der Waals surface area contributed by atoms with E-state index in [0.29, 0.717) is 23.5 Å². The van der Waals surface area contributed by atoms with E-state index in [4.69, 9.17) is 11.5 Å². The summed E-state index contributed by atoms with van der Waals surface area (Å²) in [6.07, 6.45) is 1.00. The van der Waals surface area contributed by atoms with Crippen molar-refractivity contribution in [3.8, 4) is 0 Å². The number of nitrogen functional groups attached to an aromatic ring is 1. The first-order valence-electron chi connectivity index (χ1n) is 6.10. The number of hydrogen-bond acceptors (Lipinski definition) is 4. The predicted octanol–water partition coefficient (Wildman–Crippen LogP) is 2.60. The lowest BCUT2D eigenvalue weighted by Crippen LogP contribution is -2.14.